The van der Waals surface area contributed by atoms with Crippen LogP contribution >= 0.6 is 0 Å². The van der Waals surface area contributed by atoms with E-state index in [0.29, 0.717) is 32.1 Å². The van der Waals surface area contributed by atoms with Crippen molar-refractivity contribution in [1.82, 2.24) is 0 Å². The average molecular weight is 451 g/mol. The Morgan fingerprint density at radius 1 is 1.19 bits per heavy atom. The number of fused-ring (bicyclic) bond motifs is 1. The zero-order chi connectivity index (χ0) is 23.6. The Morgan fingerprint density at radius 3 is 2.53 bits per heavy atom. The topological polar surface area (TPSA) is 110 Å². The zero-order valence-corrected chi connectivity index (χ0v) is 19.7. The van der Waals surface area contributed by atoms with Crippen LogP contribution in [0.1, 0.15) is 72.6 Å². The van der Waals surface area contributed by atoms with E-state index >= 15 is 0 Å². The average Bonchev–Trinajstić information content (AvgIpc) is 2.72. The largest absolute Gasteiger partial charge is 0.481 e. The van der Waals surface area contributed by atoms with Crippen LogP contribution in [-0.2, 0) is 23.9 Å². The lowest BCUT2D eigenvalue weighted by atomic mass is 9.60. The van der Waals surface area contributed by atoms with E-state index in [1.54, 1.807) is 0 Å². The number of aliphatic hydroxyl groups excluding tert-OH is 1. The Labute approximate surface area is 190 Å². The second kappa shape index (κ2) is 9.94. The third-order valence-corrected chi connectivity index (χ3v) is 7.93. The molecule has 1 saturated carbocycles. The molecule has 32 heavy (non-hydrogen) atoms. The molecule has 0 radical (unpaired) electrons. The van der Waals surface area contributed by atoms with Crippen LogP contribution in [0, 0.1) is 35.0 Å². The van der Waals surface area contributed by atoms with E-state index in [0.717, 1.165) is 6.42 Å². The number of hydrogen-bond donors (Lipinski definition) is 2. The zero-order valence-electron chi connectivity index (χ0n) is 19.7. The van der Waals surface area contributed by atoms with Gasteiger partial charge in [0, 0.05) is 12.3 Å². The lowest BCUT2D eigenvalue weighted by molar-refractivity contribution is -0.174. The normalized spacial score (nSPS) is 37.3. The minimum Gasteiger partial charge on any atom is -0.481 e. The third kappa shape index (κ3) is 5.53. The van der Waals surface area contributed by atoms with Crippen molar-refractivity contribution >= 4 is 17.9 Å². The molecule has 0 amide bonds. The second-order valence-corrected chi connectivity index (χ2v) is 10.6. The SMILES string of the molecule is CCC(C)(C)C(=O)O[C@H]1C[C@@H](C(=O)O)C[C@@H]2C=C[C@H](C)[C@H](CC[C@@H]3C[C@@H](O)CC(=O)O3)[C@@H]12. The molecule has 1 heterocycles. The quantitative estimate of drug-likeness (QED) is 0.449. The molecule has 2 fully saturated rings. The number of esters is 2. The maximum Gasteiger partial charge on any atom is 0.311 e. The highest BCUT2D eigenvalue weighted by Gasteiger charge is 2.48. The molecule has 0 spiro atoms. The van der Waals surface area contributed by atoms with Crippen LogP contribution in [0.4, 0.5) is 0 Å². The van der Waals surface area contributed by atoms with E-state index in [1.807, 2.05) is 20.8 Å². The molecule has 180 valence electrons. The van der Waals surface area contributed by atoms with Crippen molar-refractivity contribution in [2.75, 3.05) is 0 Å². The van der Waals surface area contributed by atoms with Crippen molar-refractivity contribution in [1.29, 1.82) is 0 Å². The van der Waals surface area contributed by atoms with E-state index < -0.39 is 29.5 Å². The molecule has 0 aromatic rings. The summed E-state index contributed by atoms with van der Waals surface area (Å²) in [6, 6.07) is 0. The molecule has 0 bridgehead atoms. The van der Waals surface area contributed by atoms with Gasteiger partial charge in [0.2, 0.25) is 0 Å². The van der Waals surface area contributed by atoms with Gasteiger partial charge in [-0.3, -0.25) is 14.4 Å². The summed E-state index contributed by atoms with van der Waals surface area (Å²) in [7, 11) is 0. The van der Waals surface area contributed by atoms with Crippen molar-refractivity contribution < 1.29 is 34.1 Å². The third-order valence-electron chi connectivity index (χ3n) is 7.93. The van der Waals surface area contributed by atoms with Gasteiger partial charge >= 0.3 is 17.9 Å². The number of carbonyl (C=O) groups excluding carboxylic acids is 2. The first kappa shape index (κ1) is 24.7. The minimum atomic E-state index is -0.842. The maximum atomic E-state index is 12.9. The highest BCUT2D eigenvalue weighted by Crippen LogP contribution is 2.48. The maximum absolute atomic E-state index is 12.9. The van der Waals surface area contributed by atoms with Gasteiger partial charge in [0.05, 0.1) is 23.9 Å². The number of carbonyl (C=O) groups is 3. The molecule has 3 aliphatic rings. The van der Waals surface area contributed by atoms with Crippen LogP contribution in [0.2, 0.25) is 0 Å². The number of ether oxygens (including phenoxy) is 2. The van der Waals surface area contributed by atoms with Crippen LogP contribution in [0.25, 0.3) is 0 Å². The van der Waals surface area contributed by atoms with Crippen LogP contribution in [-0.4, -0.2) is 46.4 Å². The van der Waals surface area contributed by atoms with E-state index in [4.69, 9.17) is 9.47 Å². The number of cyclic esters (lactones) is 1. The first-order chi connectivity index (χ1) is 15.0. The predicted molar refractivity (Wildman–Crippen MR) is 117 cm³/mol. The van der Waals surface area contributed by atoms with Gasteiger partial charge in [0.1, 0.15) is 12.2 Å². The van der Waals surface area contributed by atoms with Crippen molar-refractivity contribution in [3.05, 3.63) is 12.2 Å². The molecule has 0 aromatic heterocycles. The van der Waals surface area contributed by atoms with Gasteiger partial charge in [0.15, 0.2) is 0 Å². The Morgan fingerprint density at radius 2 is 1.91 bits per heavy atom. The van der Waals surface area contributed by atoms with Gasteiger partial charge in [-0.1, -0.05) is 26.0 Å². The van der Waals surface area contributed by atoms with Gasteiger partial charge in [-0.15, -0.1) is 0 Å². The molecule has 0 unspecified atom stereocenters. The van der Waals surface area contributed by atoms with Crippen molar-refractivity contribution in [3.8, 4) is 0 Å². The summed E-state index contributed by atoms with van der Waals surface area (Å²) < 4.78 is 11.5. The van der Waals surface area contributed by atoms with Gasteiger partial charge in [0.25, 0.3) is 0 Å². The van der Waals surface area contributed by atoms with Crippen molar-refractivity contribution in [2.24, 2.45) is 35.0 Å². The van der Waals surface area contributed by atoms with Crippen molar-refractivity contribution in [3.63, 3.8) is 0 Å². The van der Waals surface area contributed by atoms with Gasteiger partial charge in [-0.2, -0.15) is 0 Å². The number of hydrogen-bond acceptors (Lipinski definition) is 6. The number of aliphatic hydroxyl groups is 1. The predicted octanol–water partition coefficient (Wildman–Crippen LogP) is 3.73. The molecule has 1 saturated heterocycles. The van der Waals surface area contributed by atoms with E-state index in [2.05, 4.69) is 19.1 Å². The Kier molecular flexibility index (Phi) is 7.69. The van der Waals surface area contributed by atoms with Gasteiger partial charge in [-0.05, 0) is 63.7 Å². The smallest absolute Gasteiger partial charge is 0.311 e. The number of allylic oxidation sites excluding steroid dienone is 2. The molecule has 8 atom stereocenters. The summed E-state index contributed by atoms with van der Waals surface area (Å²) in [6.45, 7) is 7.79. The Hall–Kier alpha value is -1.89. The summed E-state index contributed by atoms with van der Waals surface area (Å²) in [5.74, 6) is -1.53. The van der Waals surface area contributed by atoms with Crippen molar-refractivity contribution in [2.45, 2.75) is 91.0 Å². The van der Waals surface area contributed by atoms with Crippen LogP contribution in [0.5, 0.6) is 0 Å². The second-order valence-electron chi connectivity index (χ2n) is 10.6. The fourth-order valence-electron chi connectivity index (χ4n) is 5.55. The first-order valence-electron chi connectivity index (χ1n) is 12.0. The molecule has 0 aromatic carbocycles. The monoisotopic (exact) mass is 450 g/mol. The summed E-state index contributed by atoms with van der Waals surface area (Å²) in [5, 5.41) is 19.6. The fraction of sp³-hybridized carbons (Fsp3) is 0.800. The number of carboxylic acids is 1. The van der Waals surface area contributed by atoms with Crippen LogP contribution in [0.3, 0.4) is 0 Å². The van der Waals surface area contributed by atoms with E-state index in [9.17, 15) is 24.6 Å². The van der Waals surface area contributed by atoms with Gasteiger partial charge in [-0.25, -0.2) is 0 Å². The summed E-state index contributed by atoms with van der Waals surface area (Å²) in [5.41, 5.74) is -0.621. The molecule has 1 aliphatic heterocycles. The molecule has 2 N–H and O–H groups in total. The fourth-order valence-corrected chi connectivity index (χ4v) is 5.55. The van der Waals surface area contributed by atoms with E-state index in [-0.39, 0.29) is 48.1 Å². The Bertz CT molecular complexity index is 743. The number of aliphatic carboxylic acids is 1. The summed E-state index contributed by atoms with van der Waals surface area (Å²) in [4.78, 5) is 36.4. The lowest BCUT2D eigenvalue weighted by Gasteiger charge is -2.47. The highest BCUT2D eigenvalue weighted by atomic mass is 16.6. The van der Waals surface area contributed by atoms with E-state index in [1.165, 1.54) is 0 Å². The highest BCUT2D eigenvalue weighted by molar-refractivity contribution is 5.76. The van der Waals surface area contributed by atoms with Crippen LogP contribution in [0.15, 0.2) is 12.2 Å². The Balaban J connectivity index is 1.79. The summed E-state index contributed by atoms with van der Waals surface area (Å²) >= 11 is 0. The molecule has 2 aliphatic carbocycles. The lowest BCUT2D eigenvalue weighted by Crippen LogP contribution is -2.48. The summed E-state index contributed by atoms with van der Waals surface area (Å²) in [6.07, 6.45) is 6.24. The first-order valence-corrected chi connectivity index (χ1v) is 12.0. The molecular weight excluding hydrogens is 412 g/mol. The molecule has 7 nitrogen and oxygen atoms in total. The minimum absolute atomic E-state index is 0.0337. The molecule has 3 rings (SSSR count). The number of carboxylic acid groups (broad SMARTS) is 1. The number of rotatable bonds is 7. The molecule has 7 heteroatoms. The molecular formula is C25H38O7. The standard InChI is InChI=1S/C25H38O7/c1-5-25(3,4)24(30)32-20-11-16(23(28)29)10-15-7-6-14(2)19(22(15)20)9-8-18-12-17(26)13-21(27)31-18/h6-7,14-20,22,26H,5,8-13H2,1-4H3,(H,28,29)/t14-,15-,16-,17+,18+,19-,20-,22-/m0/s1. The van der Waals surface area contributed by atoms with Gasteiger partial charge < -0.3 is 19.7 Å². The van der Waals surface area contributed by atoms with Crippen LogP contribution < -0.4 is 0 Å².